The number of carbonyl (C=O) groups is 7. The van der Waals surface area contributed by atoms with E-state index in [1.807, 2.05) is 6.07 Å². The molecule has 3 fully saturated rings. The average molecular weight is 719 g/mol. The molecule has 3 aliphatic heterocycles. The smallest absolute Gasteiger partial charge is 0.326 e. The lowest BCUT2D eigenvalue weighted by atomic mass is 10.0. The van der Waals surface area contributed by atoms with Crippen molar-refractivity contribution < 1.29 is 43.8 Å². The van der Waals surface area contributed by atoms with Gasteiger partial charge in [-0.1, -0.05) is 60.7 Å². The SMILES string of the molecule is NC(Cc1ccccc1)C(=O)NC(CC(=O)O)C(=O)N1CCCC1C(=O)N1CCCC1C(=O)N1CCCC1C(=O)NC(Cc1ccccc1)C(=O)O. The van der Waals surface area contributed by atoms with Crippen molar-refractivity contribution in [3.8, 4) is 0 Å². The molecule has 0 bridgehead atoms. The van der Waals surface area contributed by atoms with E-state index in [1.165, 1.54) is 14.7 Å². The van der Waals surface area contributed by atoms with E-state index in [4.69, 9.17) is 5.73 Å². The van der Waals surface area contributed by atoms with Crippen LogP contribution in [0.2, 0.25) is 0 Å². The van der Waals surface area contributed by atoms with Crippen molar-refractivity contribution in [3.63, 3.8) is 0 Å². The monoisotopic (exact) mass is 718 g/mol. The normalized spacial score (nSPS) is 21.6. The van der Waals surface area contributed by atoms with Crippen molar-refractivity contribution >= 4 is 41.5 Å². The van der Waals surface area contributed by atoms with Crippen LogP contribution in [-0.4, -0.2) is 122 Å². The Hall–Kier alpha value is -5.31. The lowest BCUT2D eigenvalue weighted by molar-refractivity contribution is -0.152. The number of hydrogen-bond donors (Lipinski definition) is 5. The molecule has 5 amide bonds. The Balaban J connectivity index is 1.24. The summed E-state index contributed by atoms with van der Waals surface area (Å²) in [6.45, 7) is 0.676. The molecule has 3 aliphatic rings. The minimum Gasteiger partial charge on any atom is -0.481 e. The van der Waals surface area contributed by atoms with Crippen LogP contribution in [0.5, 0.6) is 0 Å². The molecule has 278 valence electrons. The van der Waals surface area contributed by atoms with Gasteiger partial charge in [0.1, 0.15) is 30.2 Å². The number of nitrogens with two attached hydrogens (primary N) is 1. The quantitative estimate of drug-likeness (QED) is 0.180. The van der Waals surface area contributed by atoms with E-state index in [1.54, 1.807) is 54.6 Å². The van der Waals surface area contributed by atoms with Crippen molar-refractivity contribution in [1.29, 1.82) is 0 Å². The summed E-state index contributed by atoms with van der Waals surface area (Å²) >= 11 is 0. The zero-order chi connectivity index (χ0) is 37.4. The summed E-state index contributed by atoms with van der Waals surface area (Å²) in [4.78, 5) is 96.2. The van der Waals surface area contributed by atoms with E-state index >= 15 is 0 Å². The first kappa shape index (κ1) is 37.9. The molecule has 6 N–H and O–H groups in total. The standard InChI is InChI=1S/C37H46N6O9/c38-25(20-23-10-3-1-4-11-23)32(46)39-26(22-31(44)45)34(48)42-18-8-15-29(42)36(50)43-19-9-16-30(43)35(49)41-17-7-14-28(41)33(47)40-27(37(51)52)21-24-12-5-2-6-13-24/h1-6,10-13,25-30H,7-9,14-22,38H2,(H,39,46)(H,40,47)(H,44,45)(H,51,52). The van der Waals surface area contributed by atoms with Crippen molar-refractivity contribution in [3.05, 3.63) is 71.8 Å². The van der Waals surface area contributed by atoms with E-state index in [-0.39, 0.29) is 38.9 Å². The Morgan fingerprint density at radius 2 is 1.13 bits per heavy atom. The van der Waals surface area contributed by atoms with Crippen LogP contribution in [0.3, 0.4) is 0 Å². The van der Waals surface area contributed by atoms with Gasteiger partial charge in [-0.2, -0.15) is 0 Å². The van der Waals surface area contributed by atoms with Crippen LogP contribution in [0.15, 0.2) is 60.7 Å². The molecule has 2 aromatic carbocycles. The van der Waals surface area contributed by atoms with Crippen LogP contribution in [0.4, 0.5) is 0 Å². The summed E-state index contributed by atoms with van der Waals surface area (Å²) in [5.74, 6) is -5.39. The molecule has 3 heterocycles. The fourth-order valence-electron chi connectivity index (χ4n) is 7.39. The van der Waals surface area contributed by atoms with Crippen LogP contribution in [-0.2, 0) is 46.4 Å². The molecule has 15 heteroatoms. The van der Waals surface area contributed by atoms with E-state index < -0.39 is 84.1 Å². The maximum Gasteiger partial charge on any atom is 0.326 e. The predicted molar refractivity (Wildman–Crippen MR) is 186 cm³/mol. The maximum atomic E-state index is 14.1. The van der Waals surface area contributed by atoms with Crippen LogP contribution < -0.4 is 16.4 Å². The molecule has 6 unspecified atom stereocenters. The summed E-state index contributed by atoms with van der Waals surface area (Å²) < 4.78 is 0. The van der Waals surface area contributed by atoms with Gasteiger partial charge in [0.25, 0.3) is 0 Å². The molecule has 52 heavy (non-hydrogen) atoms. The highest BCUT2D eigenvalue weighted by molar-refractivity contribution is 5.98. The van der Waals surface area contributed by atoms with Gasteiger partial charge in [-0.25, -0.2) is 4.79 Å². The first-order valence-corrected chi connectivity index (χ1v) is 17.7. The van der Waals surface area contributed by atoms with Crippen molar-refractivity contribution in [2.75, 3.05) is 19.6 Å². The number of likely N-dealkylation sites (tertiary alicyclic amines) is 3. The van der Waals surface area contributed by atoms with Gasteiger partial charge in [-0.05, 0) is 56.1 Å². The highest BCUT2D eigenvalue weighted by atomic mass is 16.4. The summed E-state index contributed by atoms with van der Waals surface area (Å²) in [6, 6.07) is 11.4. The number of carbonyl (C=O) groups excluding carboxylic acids is 5. The summed E-state index contributed by atoms with van der Waals surface area (Å²) in [5.41, 5.74) is 7.62. The van der Waals surface area contributed by atoms with Crippen molar-refractivity contribution in [2.24, 2.45) is 5.73 Å². The van der Waals surface area contributed by atoms with E-state index in [0.29, 0.717) is 32.1 Å². The number of hydrogen-bond acceptors (Lipinski definition) is 8. The molecular formula is C37H46N6O9. The van der Waals surface area contributed by atoms with Gasteiger partial charge in [-0.3, -0.25) is 28.8 Å². The zero-order valence-electron chi connectivity index (χ0n) is 28.9. The first-order valence-electron chi connectivity index (χ1n) is 17.7. The van der Waals surface area contributed by atoms with Crippen LogP contribution in [0.25, 0.3) is 0 Å². The molecule has 2 aromatic rings. The molecule has 0 spiro atoms. The highest BCUT2D eigenvalue weighted by Gasteiger charge is 2.47. The summed E-state index contributed by atoms with van der Waals surface area (Å²) in [6.07, 6.45) is 2.00. The lowest BCUT2D eigenvalue weighted by Crippen LogP contribution is -2.59. The average Bonchev–Trinajstić information content (AvgIpc) is 3.92. The Morgan fingerprint density at radius 1 is 0.654 bits per heavy atom. The zero-order valence-corrected chi connectivity index (χ0v) is 28.9. The Morgan fingerprint density at radius 3 is 1.67 bits per heavy atom. The third-order valence-electron chi connectivity index (χ3n) is 10.0. The predicted octanol–water partition coefficient (Wildman–Crippen LogP) is 0.301. The Bertz CT molecular complexity index is 1640. The minimum atomic E-state index is -1.46. The number of amides is 5. The van der Waals surface area contributed by atoms with Crippen molar-refractivity contribution in [1.82, 2.24) is 25.3 Å². The number of aliphatic carboxylic acids is 2. The molecule has 5 rings (SSSR count). The molecule has 6 atom stereocenters. The minimum absolute atomic E-state index is 0.0710. The number of rotatable bonds is 14. The molecule has 0 radical (unpaired) electrons. The van der Waals surface area contributed by atoms with Gasteiger partial charge in [0.15, 0.2) is 0 Å². The van der Waals surface area contributed by atoms with Gasteiger partial charge >= 0.3 is 11.9 Å². The highest BCUT2D eigenvalue weighted by Crippen LogP contribution is 2.29. The van der Waals surface area contributed by atoms with E-state index in [0.717, 1.165) is 11.1 Å². The van der Waals surface area contributed by atoms with Crippen LogP contribution >= 0.6 is 0 Å². The molecular weight excluding hydrogens is 672 g/mol. The third kappa shape index (κ3) is 9.12. The van der Waals surface area contributed by atoms with Gasteiger partial charge in [0.2, 0.25) is 29.5 Å². The fourth-order valence-corrected chi connectivity index (χ4v) is 7.39. The fraction of sp³-hybridized carbons (Fsp3) is 0.486. The number of nitrogens with one attached hydrogen (secondary N) is 2. The topological polar surface area (TPSA) is 220 Å². The second-order valence-electron chi connectivity index (χ2n) is 13.6. The summed E-state index contributed by atoms with van der Waals surface area (Å²) in [5, 5.41) is 24.5. The lowest BCUT2D eigenvalue weighted by Gasteiger charge is -2.35. The molecule has 3 saturated heterocycles. The molecule has 15 nitrogen and oxygen atoms in total. The van der Waals surface area contributed by atoms with E-state index in [9.17, 15) is 43.8 Å². The second-order valence-corrected chi connectivity index (χ2v) is 13.6. The third-order valence-corrected chi connectivity index (χ3v) is 10.0. The largest absolute Gasteiger partial charge is 0.481 e. The van der Waals surface area contributed by atoms with Crippen LogP contribution in [0, 0.1) is 0 Å². The number of nitrogens with zero attached hydrogens (tertiary/aromatic N) is 3. The van der Waals surface area contributed by atoms with Gasteiger partial charge in [0.05, 0.1) is 12.5 Å². The Labute approximate surface area is 301 Å². The van der Waals surface area contributed by atoms with Crippen LogP contribution in [0.1, 0.15) is 56.1 Å². The maximum absolute atomic E-state index is 14.1. The first-order chi connectivity index (χ1) is 24.9. The molecule has 0 saturated carbocycles. The molecule has 0 aliphatic carbocycles. The van der Waals surface area contributed by atoms with Crippen molar-refractivity contribution in [2.45, 2.75) is 94.0 Å². The number of carboxylic acids is 2. The second kappa shape index (κ2) is 17.3. The number of benzene rings is 2. The summed E-state index contributed by atoms with van der Waals surface area (Å²) in [7, 11) is 0. The van der Waals surface area contributed by atoms with Gasteiger partial charge in [0, 0.05) is 26.1 Å². The van der Waals surface area contributed by atoms with E-state index in [2.05, 4.69) is 10.6 Å². The van der Waals surface area contributed by atoms with Gasteiger partial charge in [-0.15, -0.1) is 0 Å². The Kier molecular flexibility index (Phi) is 12.6. The number of carboxylic acid groups (broad SMARTS) is 2. The van der Waals surface area contributed by atoms with Gasteiger partial charge < -0.3 is 41.3 Å². The molecule has 0 aromatic heterocycles.